The van der Waals surface area contributed by atoms with Crippen molar-refractivity contribution in [2.24, 2.45) is 0 Å². The van der Waals surface area contributed by atoms with Crippen molar-refractivity contribution in [3.8, 4) is 0 Å². The molecule has 0 radical (unpaired) electrons. The van der Waals surface area contributed by atoms with Crippen molar-refractivity contribution in [1.82, 2.24) is 9.80 Å². The number of ether oxygens (including phenoxy) is 1. The molecule has 0 aliphatic carbocycles. The van der Waals surface area contributed by atoms with Crippen molar-refractivity contribution in [2.75, 3.05) is 33.3 Å². The average Bonchev–Trinajstić information content (AvgIpc) is 2.69. The van der Waals surface area contributed by atoms with Gasteiger partial charge in [-0.25, -0.2) is 9.18 Å². The monoisotopic (exact) mass is 424 g/mol. The van der Waals surface area contributed by atoms with Crippen LogP contribution >= 0.6 is 23.2 Å². The Hall–Kier alpha value is -2.15. The summed E-state index contributed by atoms with van der Waals surface area (Å²) in [5, 5.41) is 0.561. The smallest absolute Gasteiger partial charge is 0.327 e. The second kappa shape index (κ2) is 8.90. The molecule has 0 bridgehead atoms. The highest BCUT2D eigenvalue weighted by atomic mass is 35.5. The molecule has 148 valence electrons. The van der Waals surface area contributed by atoms with Gasteiger partial charge in [0.25, 0.3) is 5.91 Å². The third-order valence-electron chi connectivity index (χ3n) is 4.75. The second-order valence-corrected chi connectivity index (χ2v) is 7.21. The number of halogens is 3. The maximum atomic E-state index is 13.2. The summed E-state index contributed by atoms with van der Waals surface area (Å²) in [6, 6.07) is 10.2. The topological polar surface area (TPSA) is 49.9 Å². The summed E-state index contributed by atoms with van der Waals surface area (Å²) in [6.07, 6.45) is 0. The summed E-state index contributed by atoms with van der Waals surface area (Å²) >= 11 is 12.3. The number of nitrogens with zero attached hydrogens (tertiary/aromatic N) is 2. The summed E-state index contributed by atoms with van der Waals surface area (Å²) < 4.78 is 18.2. The summed E-state index contributed by atoms with van der Waals surface area (Å²) in [6.45, 7) is 1.69. The average molecular weight is 425 g/mol. The fourth-order valence-electron chi connectivity index (χ4n) is 3.30. The maximum Gasteiger partial charge on any atom is 0.327 e. The van der Waals surface area contributed by atoms with E-state index in [0.29, 0.717) is 36.8 Å². The van der Waals surface area contributed by atoms with Gasteiger partial charge < -0.3 is 9.64 Å². The number of carbonyl (C=O) groups excluding carboxylic acids is 2. The number of methoxy groups -OCH3 is 1. The van der Waals surface area contributed by atoms with E-state index in [0.717, 1.165) is 6.07 Å². The van der Waals surface area contributed by atoms with Gasteiger partial charge in [0.2, 0.25) is 0 Å². The Labute approximate surface area is 172 Å². The van der Waals surface area contributed by atoms with Crippen LogP contribution in [-0.2, 0) is 9.53 Å². The largest absolute Gasteiger partial charge is 0.468 e. The van der Waals surface area contributed by atoms with E-state index in [1.165, 1.54) is 19.2 Å². The van der Waals surface area contributed by atoms with Crippen LogP contribution in [0.3, 0.4) is 0 Å². The summed E-state index contributed by atoms with van der Waals surface area (Å²) in [4.78, 5) is 28.7. The molecule has 1 heterocycles. The molecule has 0 aromatic heterocycles. The minimum absolute atomic E-state index is 0.0796. The highest BCUT2D eigenvalue weighted by Gasteiger charge is 2.34. The van der Waals surface area contributed by atoms with Crippen LogP contribution in [0.4, 0.5) is 4.39 Å². The number of hydrogen-bond acceptors (Lipinski definition) is 4. The Morgan fingerprint density at radius 3 is 2.32 bits per heavy atom. The number of piperazine rings is 1. The van der Waals surface area contributed by atoms with Gasteiger partial charge in [0, 0.05) is 31.2 Å². The molecule has 1 saturated heterocycles. The minimum Gasteiger partial charge on any atom is -0.468 e. The lowest BCUT2D eigenvalue weighted by Gasteiger charge is -2.38. The predicted octanol–water partition coefficient (Wildman–Crippen LogP) is 3.80. The van der Waals surface area contributed by atoms with Crippen LogP contribution in [0.5, 0.6) is 0 Å². The molecule has 2 aromatic carbocycles. The number of benzene rings is 2. The summed E-state index contributed by atoms with van der Waals surface area (Å²) in [5.41, 5.74) is 0.921. The lowest BCUT2D eigenvalue weighted by Crippen LogP contribution is -2.51. The normalized spacial score (nSPS) is 15.9. The third kappa shape index (κ3) is 4.29. The Morgan fingerprint density at radius 2 is 1.71 bits per heavy atom. The number of rotatable bonds is 4. The lowest BCUT2D eigenvalue weighted by molar-refractivity contribution is -0.148. The molecule has 0 saturated carbocycles. The molecular weight excluding hydrogens is 406 g/mol. The predicted molar refractivity (Wildman–Crippen MR) is 105 cm³/mol. The molecule has 0 N–H and O–H groups in total. The highest BCUT2D eigenvalue weighted by molar-refractivity contribution is 6.33. The Morgan fingerprint density at radius 1 is 1.04 bits per heavy atom. The van der Waals surface area contributed by atoms with E-state index in [4.69, 9.17) is 27.9 Å². The van der Waals surface area contributed by atoms with Crippen molar-refractivity contribution < 1.29 is 18.7 Å². The van der Waals surface area contributed by atoms with Gasteiger partial charge in [-0.3, -0.25) is 9.69 Å². The van der Waals surface area contributed by atoms with Gasteiger partial charge in [-0.1, -0.05) is 41.4 Å². The Bertz CT molecular complexity index is 886. The van der Waals surface area contributed by atoms with Gasteiger partial charge >= 0.3 is 5.97 Å². The molecule has 3 rings (SSSR count). The van der Waals surface area contributed by atoms with Crippen LogP contribution in [-0.4, -0.2) is 55.0 Å². The SMILES string of the molecule is COC(=O)C(c1ccccc1Cl)N1CCN(C(=O)c2ccc(F)cc2Cl)CC1. The van der Waals surface area contributed by atoms with Crippen molar-refractivity contribution in [2.45, 2.75) is 6.04 Å². The van der Waals surface area contributed by atoms with Gasteiger partial charge in [-0.15, -0.1) is 0 Å². The van der Waals surface area contributed by atoms with E-state index in [1.54, 1.807) is 23.1 Å². The van der Waals surface area contributed by atoms with Crippen LogP contribution in [0, 0.1) is 5.82 Å². The standard InChI is InChI=1S/C20H19Cl2FN2O3/c1-28-20(27)18(14-4-2-3-5-16(14)21)24-8-10-25(11-9-24)19(26)15-7-6-13(23)12-17(15)22/h2-7,12,18H,8-11H2,1H3. The number of esters is 1. The Balaban J connectivity index is 1.75. The first-order valence-corrected chi connectivity index (χ1v) is 9.48. The second-order valence-electron chi connectivity index (χ2n) is 6.40. The van der Waals surface area contributed by atoms with E-state index in [2.05, 4.69) is 0 Å². The van der Waals surface area contributed by atoms with Crippen molar-refractivity contribution in [3.63, 3.8) is 0 Å². The van der Waals surface area contributed by atoms with Crippen LogP contribution in [0.1, 0.15) is 22.0 Å². The molecule has 2 aromatic rings. The molecule has 1 aliphatic rings. The molecule has 1 unspecified atom stereocenters. The minimum atomic E-state index is -0.648. The van der Waals surface area contributed by atoms with Gasteiger partial charge in [-0.2, -0.15) is 0 Å². The van der Waals surface area contributed by atoms with Crippen LogP contribution in [0.15, 0.2) is 42.5 Å². The van der Waals surface area contributed by atoms with Gasteiger partial charge in [-0.05, 0) is 29.8 Å². The fourth-order valence-corrected chi connectivity index (χ4v) is 3.78. The van der Waals surface area contributed by atoms with E-state index in [-0.39, 0.29) is 16.5 Å². The first-order chi connectivity index (χ1) is 13.4. The zero-order valence-electron chi connectivity index (χ0n) is 15.2. The first-order valence-electron chi connectivity index (χ1n) is 8.73. The van der Waals surface area contributed by atoms with Crippen LogP contribution in [0.25, 0.3) is 0 Å². The summed E-state index contributed by atoms with van der Waals surface area (Å²) in [5.74, 6) is -1.17. The van der Waals surface area contributed by atoms with Gasteiger partial charge in [0.1, 0.15) is 11.9 Å². The van der Waals surface area contributed by atoms with Crippen LogP contribution in [0.2, 0.25) is 10.0 Å². The van der Waals surface area contributed by atoms with Crippen LogP contribution < -0.4 is 0 Å². The van der Waals surface area contributed by atoms with E-state index in [9.17, 15) is 14.0 Å². The fraction of sp³-hybridized carbons (Fsp3) is 0.300. The van der Waals surface area contributed by atoms with E-state index >= 15 is 0 Å². The highest BCUT2D eigenvalue weighted by Crippen LogP contribution is 2.30. The van der Waals surface area contributed by atoms with Crippen molar-refractivity contribution in [1.29, 1.82) is 0 Å². The number of hydrogen-bond donors (Lipinski definition) is 0. The lowest BCUT2D eigenvalue weighted by atomic mass is 10.0. The molecule has 1 fully saturated rings. The molecule has 5 nitrogen and oxygen atoms in total. The molecule has 1 aliphatic heterocycles. The molecular formula is C20H19Cl2FN2O3. The van der Waals surface area contributed by atoms with E-state index in [1.807, 2.05) is 11.0 Å². The molecule has 8 heteroatoms. The number of carbonyl (C=O) groups is 2. The van der Waals surface area contributed by atoms with Gasteiger partial charge in [0.15, 0.2) is 0 Å². The zero-order chi connectivity index (χ0) is 20.3. The maximum absolute atomic E-state index is 13.2. The Kier molecular flexibility index (Phi) is 6.54. The first kappa shape index (κ1) is 20.6. The summed E-state index contributed by atoms with van der Waals surface area (Å²) in [7, 11) is 1.34. The molecule has 0 spiro atoms. The van der Waals surface area contributed by atoms with Crippen molar-refractivity contribution >= 4 is 35.1 Å². The number of amides is 1. The molecule has 28 heavy (non-hydrogen) atoms. The zero-order valence-corrected chi connectivity index (χ0v) is 16.7. The third-order valence-corrected chi connectivity index (χ3v) is 5.41. The quantitative estimate of drug-likeness (QED) is 0.700. The van der Waals surface area contributed by atoms with Crippen molar-refractivity contribution in [3.05, 3.63) is 69.5 Å². The molecule has 1 atom stereocenters. The van der Waals surface area contributed by atoms with Gasteiger partial charge in [0.05, 0.1) is 17.7 Å². The molecule has 1 amide bonds. The van der Waals surface area contributed by atoms with E-state index < -0.39 is 17.8 Å².